The first-order valence-electron chi connectivity index (χ1n) is 12.1. The van der Waals surface area contributed by atoms with Crippen molar-refractivity contribution in [3.63, 3.8) is 0 Å². The van der Waals surface area contributed by atoms with E-state index in [9.17, 15) is 14.7 Å². The fourth-order valence-corrected chi connectivity index (χ4v) is 8.34. The van der Waals surface area contributed by atoms with Gasteiger partial charge >= 0.3 is 8.80 Å². The predicted molar refractivity (Wildman–Crippen MR) is 123 cm³/mol. The number of hydrogen-bond acceptors (Lipinski definition) is 10. The predicted octanol–water partition coefficient (Wildman–Crippen LogP) is 0.742. The van der Waals surface area contributed by atoms with Crippen LogP contribution in [0, 0.1) is 5.92 Å². The average molecular weight is 497 g/mol. The Labute approximate surface area is 201 Å². The zero-order valence-electron chi connectivity index (χ0n) is 20.6. The maximum absolute atomic E-state index is 13.6. The number of allylic oxidation sites excluding steroid dienone is 2. The molecule has 0 aromatic rings. The number of piperazine rings is 1. The number of fused-ring (bicyclic) bond motifs is 4. The lowest BCUT2D eigenvalue weighted by molar-refractivity contribution is -0.137. The van der Waals surface area contributed by atoms with E-state index in [0.717, 1.165) is 0 Å². The first kappa shape index (κ1) is 25.5. The van der Waals surface area contributed by atoms with Crippen molar-refractivity contribution in [2.75, 3.05) is 46.7 Å². The molecule has 11 heteroatoms. The summed E-state index contributed by atoms with van der Waals surface area (Å²) < 4.78 is 29.4. The molecule has 4 atom stereocenters. The van der Waals surface area contributed by atoms with E-state index in [1.807, 2.05) is 25.7 Å². The van der Waals surface area contributed by atoms with Crippen molar-refractivity contribution < 1.29 is 37.4 Å². The summed E-state index contributed by atoms with van der Waals surface area (Å²) in [5, 5.41) is 13.6. The zero-order chi connectivity index (χ0) is 24.7. The number of carbonyl (C=O) groups excluding carboxylic acids is 2. The van der Waals surface area contributed by atoms with Crippen molar-refractivity contribution >= 4 is 20.4 Å². The molecule has 0 saturated carbocycles. The summed E-state index contributed by atoms with van der Waals surface area (Å²) in [4.78, 5) is 28.8. The van der Waals surface area contributed by atoms with Crippen LogP contribution in [0.3, 0.4) is 0 Å². The van der Waals surface area contributed by atoms with Gasteiger partial charge in [-0.05, 0) is 34.1 Å². The van der Waals surface area contributed by atoms with Crippen LogP contribution in [-0.4, -0.2) is 94.9 Å². The summed E-state index contributed by atoms with van der Waals surface area (Å²) in [6.07, 6.45) is 0.543. The molecule has 34 heavy (non-hydrogen) atoms. The van der Waals surface area contributed by atoms with Crippen molar-refractivity contribution in [2.45, 2.75) is 58.0 Å². The normalized spacial score (nSPS) is 30.2. The third kappa shape index (κ3) is 3.78. The minimum Gasteiger partial charge on any atom is -0.489 e. The molecule has 0 aromatic heterocycles. The third-order valence-electron chi connectivity index (χ3n) is 7.13. The zero-order valence-corrected chi connectivity index (χ0v) is 21.6. The van der Waals surface area contributed by atoms with Gasteiger partial charge in [-0.3, -0.25) is 9.59 Å². The highest BCUT2D eigenvalue weighted by atomic mass is 28.4. The number of nitrogens with one attached hydrogen (secondary N) is 1. The van der Waals surface area contributed by atoms with Gasteiger partial charge in [0.05, 0.1) is 30.9 Å². The van der Waals surface area contributed by atoms with Crippen LogP contribution < -0.4 is 5.32 Å². The fourth-order valence-electron chi connectivity index (χ4n) is 5.76. The van der Waals surface area contributed by atoms with E-state index in [4.69, 9.17) is 22.8 Å². The molecule has 0 radical (unpaired) electrons. The lowest BCUT2D eigenvalue weighted by Gasteiger charge is -2.39. The Hall–Kier alpha value is -1.60. The Bertz CT molecular complexity index is 888. The smallest absolute Gasteiger partial charge is 0.489 e. The van der Waals surface area contributed by atoms with E-state index in [0.29, 0.717) is 50.1 Å². The van der Waals surface area contributed by atoms with E-state index in [-0.39, 0.29) is 48.2 Å². The number of nitrogens with zero attached hydrogens (tertiary/aromatic N) is 1. The lowest BCUT2D eigenvalue weighted by Crippen LogP contribution is -2.54. The van der Waals surface area contributed by atoms with Gasteiger partial charge in [-0.1, -0.05) is 0 Å². The highest BCUT2D eigenvalue weighted by molar-refractivity contribution is 6.60. The second-order valence-electron chi connectivity index (χ2n) is 8.86. The standard InChI is InChI=1S/C23H36N2O8Si/c1-6-31-34(32-7-2,33-8-3)11-9-10-30-21-14(4)19(27)18-17(20(21)28)15(13-26)23(29-5)22-16(24-22)12-25(18)23/h15-16,22,24,26H,6-13H2,1-5H3. The molecule has 4 unspecified atom stereocenters. The van der Waals surface area contributed by atoms with Gasteiger partial charge in [0.15, 0.2) is 11.5 Å². The molecule has 10 nitrogen and oxygen atoms in total. The maximum Gasteiger partial charge on any atom is 0.501 e. The van der Waals surface area contributed by atoms with Crippen molar-refractivity contribution in [3.05, 3.63) is 22.6 Å². The molecule has 1 aliphatic carbocycles. The van der Waals surface area contributed by atoms with Gasteiger partial charge in [0.1, 0.15) is 0 Å². The first-order chi connectivity index (χ1) is 16.4. The summed E-state index contributed by atoms with van der Waals surface area (Å²) in [5.41, 5.74) is -0.00389. The number of ether oxygens (including phenoxy) is 2. The van der Waals surface area contributed by atoms with Crippen molar-refractivity contribution in [1.29, 1.82) is 0 Å². The van der Waals surface area contributed by atoms with E-state index in [1.165, 1.54) is 0 Å². The summed E-state index contributed by atoms with van der Waals surface area (Å²) in [6, 6.07) is 0.706. The van der Waals surface area contributed by atoms with Gasteiger partial charge in [-0.15, -0.1) is 0 Å². The van der Waals surface area contributed by atoms with Crippen LogP contribution in [0.5, 0.6) is 0 Å². The lowest BCUT2D eigenvalue weighted by atomic mass is 9.83. The highest BCUT2D eigenvalue weighted by Crippen LogP contribution is 2.55. The van der Waals surface area contributed by atoms with Gasteiger partial charge in [0, 0.05) is 56.7 Å². The molecular weight excluding hydrogens is 460 g/mol. The number of carbonyl (C=O) groups is 2. The average Bonchev–Trinajstić information content (AvgIpc) is 3.42. The summed E-state index contributed by atoms with van der Waals surface area (Å²) in [5.74, 6) is -1.18. The van der Waals surface area contributed by atoms with Crippen LogP contribution in [0.1, 0.15) is 34.1 Å². The third-order valence-corrected chi connectivity index (χ3v) is 10.3. The second-order valence-corrected chi connectivity index (χ2v) is 11.6. The molecule has 2 fully saturated rings. The van der Waals surface area contributed by atoms with Gasteiger partial charge in [-0.2, -0.15) is 0 Å². The number of aliphatic hydroxyl groups excluding tert-OH is 1. The Morgan fingerprint density at radius 2 is 1.76 bits per heavy atom. The maximum atomic E-state index is 13.6. The van der Waals surface area contributed by atoms with Gasteiger partial charge in [0.2, 0.25) is 11.6 Å². The van der Waals surface area contributed by atoms with Crippen LogP contribution in [0.15, 0.2) is 22.6 Å². The molecule has 2 saturated heterocycles. The molecule has 190 valence electrons. The number of aliphatic hydroxyl groups is 1. The van der Waals surface area contributed by atoms with Crippen LogP contribution >= 0.6 is 0 Å². The van der Waals surface area contributed by atoms with E-state index < -0.39 is 20.4 Å². The van der Waals surface area contributed by atoms with E-state index >= 15 is 0 Å². The molecule has 4 aliphatic rings. The van der Waals surface area contributed by atoms with Crippen molar-refractivity contribution in [3.8, 4) is 0 Å². The summed E-state index contributed by atoms with van der Waals surface area (Å²) in [7, 11) is -1.26. The largest absolute Gasteiger partial charge is 0.501 e. The Balaban J connectivity index is 1.49. The first-order valence-corrected chi connectivity index (χ1v) is 14.1. The minimum atomic E-state index is -2.82. The SMILES string of the molecule is CCO[Si](CCCOC1=C(C)C(=O)C2=C(C1=O)C(CO)C1(OC)C3NC3CN21)(OCC)OCC. The minimum absolute atomic E-state index is 0.0284. The van der Waals surface area contributed by atoms with E-state index in [1.54, 1.807) is 14.0 Å². The molecule has 3 aliphatic heterocycles. The number of rotatable bonds is 13. The quantitative estimate of drug-likeness (QED) is 0.163. The molecular formula is C23H36N2O8Si. The Morgan fingerprint density at radius 1 is 1.12 bits per heavy atom. The summed E-state index contributed by atoms with van der Waals surface area (Å²) in [6.45, 7) is 9.26. The number of hydrogen-bond donors (Lipinski definition) is 2. The molecule has 0 spiro atoms. The van der Waals surface area contributed by atoms with Gasteiger partial charge in [-0.25, -0.2) is 0 Å². The van der Waals surface area contributed by atoms with Crippen molar-refractivity contribution in [2.24, 2.45) is 5.92 Å². The van der Waals surface area contributed by atoms with Gasteiger partial charge in [0.25, 0.3) is 0 Å². The van der Waals surface area contributed by atoms with Crippen LogP contribution in [0.25, 0.3) is 0 Å². The molecule has 0 amide bonds. The Kier molecular flexibility index (Phi) is 7.35. The molecule has 3 heterocycles. The van der Waals surface area contributed by atoms with Crippen LogP contribution in [0.4, 0.5) is 0 Å². The Morgan fingerprint density at radius 3 is 2.32 bits per heavy atom. The van der Waals surface area contributed by atoms with Crippen LogP contribution in [-0.2, 0) is 32.3 Å². The number of ketones is 2. The number of methoxy groups -OCH3 is 1. The molecule has 4 rings (SSSR count). The fraction of sp³-hybridized carbons (Fsp3) is 0.739. The van der Waals surface area contributed by atoms with Crippen LogP contribution in [0.2, 0.25) is 6.04 Å². The van der Waals surface area contributed by atoms with E-state index in [2.05, 4.69) is 5.32 Å². The summed E-state index contributed by atoms with van der Waals surface area (Å²) >= 11 is 0. The second kappa shape index (κ2) is 9.80. The monoisotopic (exact) mass is 496 g/mol. The van der Waals surface area contributed by atoms with Crippen molar-refractivity contribution in [1.82, 2.24) is 10.2 Å². The molecule has 2 N–H and O–H groups in total. The molecule has 0 aromatic carbocycles. The molecule has 0 bridgehead atoms. The number of Topliss-reactive ketones (excluding diaryl/α,β-unsaturated/α-hetero) is 2. The topological polar surface area (TPSA) is 126 Å². The highest BCUT2D eigenvalue weighted by Gasteiger charge is 2.72. The van der Waals surface area contributed by atoms with Gasteiger partial charge < -0.3 is 38.1 Å².